The SMILES string of the molecule is CCCC[S+](CCCC)CC(=O)c1ccc(NC(C)=O)cc1. The number of hydrogen-bond donors (Lipinski definition) is 1. The molecule has 0 heterocycles. The second-order valence-corrected chi connectivity index (χ2v) is 7.88. The van der Waals surface area contributed by atoms with Gasteiger partial charge in [-0.25, -0.2) is 0 Å². The van der Waals surface area contributed by atoms with Crippen LogP contribution in [0.3, 0.4) is 0 Å². The number of Topliss-reactive ketones (excluding diaryl/α,β-unsaturated/α-hetero) is 1. The molecule has 0 aromatic heterocycles. The topological polar surface area (TPSA) is 46.2 Å². The molecule has 1 N–H and O–H groups in total. The van der Waals surface area contributed by atoms with Crippen LogP contribution in [0.1, 0.15) is 56.8 Å². The van der Waals surface area contributed by atoms with Crippen molar-refractivity contribution in [2.75, 3.05) is 22.6 Å². The number of unbranched alkanes of at least 4 members (excludes halogenated alkanes) is 2. The van der Waals surface area contributed by atoms with Gasteiger partial charge in [0.15, 0.2) is 5.75 Å². The molecule has 0 aliphatic heterocycles. The summed E-state index contributed by atoms with van der Waals surface area (Å²) in [6, 6.07) is 7.22. The van der Waals surface area contributed by atoms with E-state index < -0.39 is 0 Å². The van der Waals surface area contributed by atoms with E-state index in [4.69, 9.17) is 0 Å². The largest absolute Gasteiger partial charge is 0.326 e. The number of anilines is 1. The molecule has 0 spiro atoms. The van der Waals surface area contributed by atoms with E-state index >= 15 is 0 Å². The molecular weight excluding hydrogens is 294 g/mol. The molecule has 4 heteroatoms. The lowest BCUT2D eigenvalue weighted by molar-refractivity contribution is -0.114. The van der Waals surface area contributed by atoms with Crippen LogP contribution in [0.4, 0.5) is 5.69 Å². The molecule has 0 unspecified atom stereocenters. The van der Waals surface area contributed by atoms with Gasteiger partial charge in [-0.2, -0.15) is 0 Å². The van der Waals surface area contributed by atoms with E-state index in [0.717, 1.165) is 11.3 Å². The van der Waals surface area contributed by atoms with Gasteiger partial charge in [0, 0.05) is 18.2 Å². The van der Waals surface area contributed by atoms with Crippen LogP contribution in [0.25, 0.3) is 0 Å². The van der Waals surface area contributed by atoms with Crippen molar-refractivity contribution in [1.29, 1.82) is 0 Å². The lowest BCUT2D eigenvalue weighted by Crippen LogP contribution is -2.22. The van der Waals surface area contributed by atoms with Gasteiger partial charge in [-0.05, 0) is 48.0 Å². The molecule has 0 saturated heterocycles. The smallest absolute Gasteiger partial charge is 0.221 e. The molecule has 1 rings (SSSR count). The van der Waals surface area contributed by atoms with Crippen molar-refractivity contribution in [3.05, 3.63) is 29.8 Å². The average Bonchev–Trinajstić information content (AvgIpc) is 2.50. The first-order valence-corrected chi connectivity index (χ1v) is 9.85. The van der Waals surface area contributed by atoms with Crippen LogP contribution >= 0.6 is 0 Å². The van der Waals surface area contributed by atoms with E-state index in [1.807, 2.05) is 12.1 Å². The van der Waals surface area contributed by atoms with E-state index in [1.54, 1.807) is 12.1 Å². The van der Waals surface area contributed by atoms with Crippen molar-refractivity contribution < 1.29 is 9.59 Å². The average molecular weight is 322 g/mol. The second-order valence-electron chi connectivity index (χ2n) is 5.55. The number of carbonyl (C=O) groups excluding carboxylic acids is 2. The zero-order chi connectivity index (χ0) is 16.4. The van der Waals surface area contributed by atoms with E-state index in [2.05, 4.69) is 19.2 Å². The third-order valence-electron chi connectivity index (χ3n) is 3.44. The van der Waals surface area contributed by atoms with Gasteiger partial charge in [-0.15, -0.1) is 0 Å². The lowest BCUT2D eigenvalue weighted by Gasteiger charge is -2.08. The zero-order valence-corrected chi connectivity index (χ0v) is 14.8. The number of ketones is 1. The normalized spacial score (nSPS) is 10.7. The van der Waals surface area contributed by atoms with Crippen molar-refractivity contribution in [1.82, 2.24) is 0 Å². The molecule has 0 radical (unpaired) electrons. The summed E-state index contributed by atoms with van der Waals surface area (Å²) in [6.45, 7) is 5.88. The fraction of sp³-hybridized carbons (Fsp3) is 0.556. The number of rotatable bonds is 10. The minimum absolute atomic E-state index is 0.0975. The lowest BCUT2D eigenvalue weighted by atomic mass is 10.1. The van der Waals surface area contributed by atoms with Gasteiger partial charge in [-0.1, -0.05) is 26.7 Å². The molecule has 0 aliphatic rings. The molecular formula is C18H28NO2S+. The van der Waals surface area contributed by atoms with Gasteiger partial charge < -0.3 is 5.32 Å². The minimum Gasteiger partial charge on any atom is -0.326 e. The third-order valence-corrected chi connectivity index (χ3v) is 5.84. The van der Waals surface area contributed by atoms with Crippen molar-refractivity contribution in [3.8, 4) is 0 Å². The van der Waals surface area contributed by atoms with Crippen molar-refractivity contribution in [3.63, 3.8) is 0 Å². The molecule has 0 bridgehead atoms. The Bertz CT molecular complexity index is 462. The fourth-order valence-corrected chi connectivity index (χ4v) is 4.58. The van der Waals surface area contributed by atoms with Crippen LogP contribution in [0.5, 0.6) is 0 Å². The number of carbonyl (C=O) groups is 2. The molecule has 1 aromatic carbocycles. The van der Waals surface area contributed by atoms with Crippen LogP contribution in [-0.2, 0) is 15.7 Å². The number of hydrogen-bond acceptors (Lipinski definition) is 2. The van der Waals surface area contributed by atoms with Gasteiger partial charge in [-0.3, -0.25) is 9.59 Å². The van der Waals surface area contributed by atoms with Crippen LogP contribution in [0, 0.1) is 0 Å². The summed E-state index contributed by atoms with van der Waals surface area (Å²) >= 11 is 0. The highest BCUT2D eigenvalue weighted by molar-refractivity contribution is 7.97. The van der Waals surface area contributed by atoms with E-state index in [-0.39, 0.29) is 22.6 Å². The Balaban J connectivity index is 2.61. The van der Waals surface area contributed by atoms with Crippen LogP contribution in [0.15, 0.2) is 24.3 Å². The molecule has 1 aromatic rings. The van der Waals surface area contributed by atoms with E-state index in [9.17, 15) is 9.59 Å². The maximum atomic E-state index is 12.4. The Kier molecular flexibility index (Phi) is 8.90. The number of benzene rings is 1. The van der Waals surface area contributed by atoms with Crippen LogP contribution in [0.2, 0.25) is 0 Å². The summed E-state index contributed by atoms with van der Waals surface area (Å²) in [5, 5.41) is 2.72. The summed E-state index contributed by atoms with van der Waals surface area (Å²) in [5.74, 6) is 3.14. The maximum absolute atomic E-state index is 12.4. The highest BCUT2D eigenvalue weighted by atomic mass is 32.2. The van der Waals surface area contributed by atoms with E-state index in [1.165, 1.54) is 44.1 Å². The Morgan fingerprint density at radius 1 is 1.00 bits per heavy atom. The molecule has 0 fully saturated rings. The van der Waals surface area contributed by atoms with Gasteiger partial charge in [0.2, 0.25) is 11.7 Å². The van der Waals surface area contributed by atoms with E-state index in [0.29, 0.717) is 5.75 Å². The summed E-state index contributed by atoms with van der Waals surface area (Å²) in [6.07, 6.45) is 4.80. The predicted molar refractivity (Wildman–Crippen MR) is 96.9 cm³/mol. The fourth-order valence-electron chi connectivity index (χ4n) is 2.15. The number of amides is 1. The molecule has 22 heavy (non-hydrogen) atoms. The van der Waals surface area contributed by atoms with Gasteiger partial charge in [0.25, 0.3) is 0 Å². The van der Waals surface area contributed by atoms with Crippen molar-refractivity contribution >= 4 is 28.3 Å². The van der Waals surface area contributed by atoms with Gasteiger partial charge >= 0.3 is 0 Å². The molecule has 3 nitrogen and oxygen atoms in total. The second kappa shape index (κ2) is 10.4. The van der Waals surface area contributed by atoms with Crippen LogP contribution < -0.4 is 5.32 Å². The Morgan fingerprint density at radius 3 is 2.00 bits per heavy atom. The molecule has 122 valence electrons. The first-order chi connectivity index (χ1) is 10.6. The Labute approximate surface area is 137 Å². The summed E-state index contributed by atoms with van der Waals surface area (Å²) in [5.41, 5.74) is 1.49. The zero-order valence-electron chi connectivity index (χ0n) is 14.0. The van der Waals surface area contributed by atoms with Gasteiger partial charge in [0.05, 0.1) is 0 Å². The standard InChI is InChI=1S/C18H27NO2S/c1-4-6-12-22(13-7-5-2)14-18(21)16-8-10-17(11-9-16)19-15(3)20/h8-11H,4-7,12-14H2,1-3H3/p+1. The maximum Gasteiger partial charge on any atom is 0.221 e. The van der Waals surface area contributed by atoms with Crippen molar-refractivity contribution in [2.24, 2.45) is 0 Å². The Hall–Kier alpha value is -1.29. The monoisotopic (exact) mass is 322 g/mol. The molecule has 0 atom stereocenters. The van der Waals surface area contributed by atoms with Gasteiger partial charge in [0.1, 0.15) is 11.5 Å². The highest BCUT2D eigenvalue weighted by Gasteiger charge is 2.22. The first kappa shape index (κ1) is 18.8. The molecule has 0 aliphatic carbocycles. The minimum atomic E-state index is -0.0975. The molecule has 1 amide bonds. The predicted octanol–water partition coefficient (Wildman–Crippen LogP) is 4.05. The highest BCUT2D eigenvalue weighted by Crippen LogP contribution is 2.13. The van der Waals surface area contributed by atoms with Crippen LogP contribution in [-0.4, -0.2) is 28.9 Å². The number of nitrogens with one attached hydrogen (secondary N) is 1. The first-order valence-electron chi connectivity index (χ1n) is 8.11. The summed E-state index contributed by atoms with van der Waals surface area (Å²) in [4.78, 5) is 23.4. The third kappa shape index (κ3) is 7.12. The quantitative estimate of drug-likeness (QED) is 0.522. The molecule has 0 saturated carbocycles. The van der Waals surface area contributed by atoms with Crippen molar-refractivity contribution in [2.45, 2.75) is 46.5 Å². The Morgan fingerprint density at radius 2 is 1.55 bits per heavy atom. The summed E-state index contributed by atoms with van der Waals surface area (Å²) < 4.78 is 0. The summed E-state index contributed by atoms with van der Waals surface area (Å²) in [7, 11) is 0.211.